The summed E-state index contributed by atoms with van der Waals surface area (Å²) >= 11 is 2.04. The van der Waals surface area contributed by atoms with Gasteiger partial charge in [0, 0.05) is 16.2 Å². The van der Waals surface area contributed by atoms with Crippen molar-refractivity contribution in [2.24, 2.45) is 0 Å². The SMILES string of the molecule is CCCNC1CC(C)Sc2c(C)cccc21. The average molecular weight is 235 g/mol. The second-order valence-corrected chi connectivity index (χ2v) is 6.11. The van der Waals surface area contributed by atoms with Gasteiger partial charge in [0.1, 0.15) is 0 Å². The van der Waals surface area contributed by atoms with Gasteiger partial charge in [-0.25, -0.2) is 0 Å². The molecule has 2 atom stereocenters. The Morgan fingerprint density at radius 3 is 3.00 bits per heavy atom. The van der Waals surface area contributed by atoms with Crippen molar-refractivity contribution < 1.29 is 0 Å². The first-order valence-corrected chi connectivity index (χ1v) is 7.10. The first-order valence-electron chi connectivity index (χ1n) is 6.22. The molecule has 0 saturated heterocycles. The van der Waals surface area contributed by atoms with Gasteiger partial charge in [0.2, 0.25) is 0 Å². The lowest BCUT2D eigenvalue weighted by molar-refractivity contribution is 0.485. The Kier molecular flexibility index (Phi) is 3.93. The van der Waals surface area contributed by atoms with E-state index in [0.29, 0.717) is 6.04 Å². The minimum absolute atomic E-state index is 0.561. The van der Waals surface area contributed by atoms with Crippen molar-refractivity contribution in [2.45, 2.75) is 49.8 Å². The van der Waals surface area contributed by atoms with Gasteiger partial charge in [-0.15, -0.1) is 11.8 Å². The van der Waals surface area contributed by atoms with E-state index in [9.17, 15) is 0 Å². The molecule has 1 aliphatic heterocycles. The summed E-state index contributed by atoms with van der Waals surface area (Å²) in [6, 6.07) is 7.26. The number of benzene rings is 1. The third-order valence-electron chi connectivity index (χ3n) is 3.15. The molecule has 0 aromatic heterocycles. The zero-order valence-electron chi connectivity index (χ0n) is 10.4. The van der Waals surface area contributed by atoms with Crippen LogP contribution in [0.2, 0.25) is 0 Å². The highest BCUT2D eigenvalue weighted by Crippen LogP contribution is 2.42. The third-order valence-corrected chi connectivity index (χ3v) is 4.53. The van der Waals surface area contributed by atoms with Crippen molar-refractivity contribution in [1.29, 1.82) is 0 Å². The van der Waals surface area contributed by atoms with E-state index in [1.807, 2.05) is 11.8 Å². The molecule has 1 N–H and O–H groups in total. The van der Waals surface area contributed by atoms with E-state index < -0.39 is 0 Å². The predicted octanol–water partition coefficient (Wildman–Crippen LogP) is 3.92. The van der Waals surface area contributed by atoms with Crippen LogP contribution in [0.25, 0.3) is 0 Å². The van der Waals surface area contributed by atoms with E-state index >= 15 is 0 Å². The molecule has 1 heterocycles. The van der Waals surface area contributed by atoms with Crippen molar-refractivity contribution in [3.63, 3.8) is 0 Å². The summed E-state index contributed by atoms with van der Waals surface area (Å²) in [5.74, 6) is 0. The highest BCUT2D eigenvalue weighted by atomic mass is 32.2. The molecule has 0 bridgehead atoms. The average Bonchev–Trinajstić information content (AvgIpc) is 2.27. The Balaban J connectivity index is 2.27. The summed E-state index contributed by atoms with van der Waals surface area (Å²) in [6.45, 7) is 7.90. The lowest BCUT2D eigenvalue weighted by atomic mass is 9.99. The number of fused-ring (bicyclic) bond motifs is 1. The number of nitrogens with one attached hydrogen (secondary N) is 1. The normalized spacial score (nSPS) is 24.2. The standard InChI is InChI=1S/C14H21NS/c1-4-8-15-13-9-11(3)16-14-10(2)6-5-7-12(13)14/h5-7,11,13,15H,4,8-9H2,1-3H3. The van der Waals surface area contributed by atoms with Gasteiger partial charge >= 0.3 is 0 Å². The molecule has 0 spiro atoms. The molecule has 0 fully saturated rings. The number of rotatable bonds is 3. The van der Waals surface area contributed by atoms with Crippen LogP contribution in [-0.2, 0) is 0 Å². The van der Waals surface area contributed by atoms with E-state index in [2.05, 4.69) is 44.3 Å². The summed E-state index contributed by atoms with van der Waals surface area (Å²) < 4.78 is 0. The largest absolute Gasteiger partial charge is 0.310 e. The lowest BCUT2D eigenvalue weighted by Gasteiger charge is -2.31. The summed E-state index contributed by atoms with van der Waals surface area (Å²) in [5.41, 5.74) is 2.94. The Morgan fingerprint density at radius 2 is 2.25 bits per heavy atom. The quantitative estimate of drug-likeness (QED) is 0.852. The molecule has 16 heavy (non-hydrogen) atoms. The molecule has 88 valence electrons. The van der Waals surface area contributed by atoms with Crippen molar-refractivity contribution >= 4 is 11.8 Å². The first kappa shape index (κ1) is 12.0. The molecule has 2 rings (SSSR count). The molecule has 2 heteroatoms. The molecule has 0 aliphatic carbocycles. The van der Waals surface area contributed by atoms with Gasteiger partial charge in [-0.2, -0.15) is 0 Å². The minimum Gasteiger partial charge on any atom is -0.310 e. The predicted molar refractivity (Wildman–Crippen MR) is 72.1 cm³/mol. The van der Waals surface area contributed by atoms with Crippen LogP contribution in [0.1, 0.15) is 43.9 Å². The molecule has 2 unspecified atom stereocenters. The number of hydrogen-bond donors (Lipinski definition) is 1. The molecule has 1 nitrogen and oxygen atoms in total. The smallest absolute Gasteiger partial charge is 0.0341 e. The minimum atomic E-state index is 0.561. The van der Waals surface area contributed by atoms with Gasteiger partial charge in [-0.1, -0.05) is 32.0 Å². The summed E-state index contributed by atoms with van der Waals surface area (Å²) in [6.07, 6.45) is 2.46. The third kappa shape index (κ3) is 2.44. The van der Waals surface area contributed by atoms with Crippen molar-refractivity contribution in [2.75, 3.05) is 6.54 Å². The van der Waals surface area contributed by atoms with Crippen LogP contribution in [0.15, 0.2) is 23.1 Å². The van der Waals surface area contributed by atoms with Crippen LogP contribution in [0.5, 0.6) is 0 Å². The zero-order chi connectivity index (χ0) is 11.5. The molecule has 1 aromatic rings. The van der Waals surface area contributed by atoms with Gasteiger partial charge in [-0.3, -0.25) is 0 Å². The van der Waals surface area contributed by atoms with Crippen LogP contribution in [-0.4, -0.2) is 11.8 Å². The summed E-state index contributed by atoms with van der Waals surface area (Å²) in [7, 11) is 0. The van der Waals surface area contributed by atoms with E-state index in [1.54, 1.807) is 0 Å². The van der Waals surface area contributed by atoms with Gasteiger partial charge < -0.3 is 5.32 Å². The fourth-order valence-electron chi connectivity index (χ4n) is 2.33. The van der Waals surface area contributed by atoms with Crippen molar-refractivity contribution in [3.05, 3.63) is 29.3 Å². The van der Waals surface area contributed by atoms with E-state index in [1.165, 1.54) is 28.9 Å². The van der Waals surface area contributed by atoms with Gasteiger partial charge in [0.05, 0.1) is 0 Å². The van der Waals surface area contributed by atoms with Crippen molar-refractivity contribution in [1.82, 2.24) is 5.32 Å². The maximum atomic E-state index is 3.67. The van der Waals surface area contributed by atoms with Crippen LogP contribution in [0, 0.1) is 6.92 Å². The van der Waals surface area contributed by atoms with Crippen LogP contribution < -0.4 is 5.32 Å². The first-order chi connectivity index (χ1) is 7.72. The molecule has 0 radical (unpaired) electrons. The van der Waals surface area contributed by atoms with E-state index in [4.69, 9.17) is 0 Å². The maximum Gasteiger partial charge on any atom is 0.0341 e. The van der Waals surface area contributed by atoms with Crippen LogP contribution in [0.3, 0.4) is 0 Å². The second kappa shape index (κ2) is 5.24. The molecule has 1 aliphatic rings. The summed E-state index contributed by atoms with van der Waals surface area (Å²) in [4.78, 5) is 1.51. The van der Waals surface area contributed by atoms with Crippen LogP contribution >= 0.6 is 11.8 Å². The molecule has 0 saturated carbocycles. The Hall–Kier alpha value is -0.470. The van der Waals surface area contributed by atoms with Crippen molar-refractivity contribution in [3.8, 4) is 0 Å². The zero-order valence-corrected chi connectivity index (χ0v) is 11.2. The monoisotopic (exact) mass is 235 g/mol. The Labute approximate surface area is 103 Å². The maximum absolute atomic E-state index is 3.67. The number of thioether (sulfide) groups is 1. The van der Waals surface area contributed by atoms with Gasteiger partial charge in [0.15, 0.2) is 0 Å². The van der Waals surface area contributed by atoms with E-state index in [0.717, 1.165) is 11.8 Å². The molecule has 0 amide bonds. The fraction of sp³-hybridized carbons (Fsp3) is 0.571. The molecule has 1 aromatic carbocycles. The highest BCUT2D eigenvalue weighted by Gasteiger charge is 2.25. The lowest BCUT2D eigenvalue weighted by Crippen LogP contribution is -2.28. The molecular weight excluding hydrogens is 214 g/mol. The summed E-state index contributed by atoms with van der Waals surface area (Å²) in [5, 5.41) is 4.40. The van der Waals surface area contributed by atoms with Gasteiger partial charge in [-0.05, 0) is 37.4 Å². The Morgan fingerprint density at radius 1 is 1.44 bits per heavy atom. The van der Waals surface area contributed by atoms with E-state index in [-0.39, 0.29) is 0 Å². The Bertz CT molecular complexity index is 362. The van der Waals surface area contributed by atoms with Gasteiger partial charge in [0.25, 0.3) is 0 Å². The number of aryl methyl sites for hydroxylation is 1. The number of hydrogen-bond acceptors (Lipinski definition) is 2. The van der Waals surface area contributed by atoms with Crippen LogP contribution in [0.4, 0.5) is 0 Å². The molecular formula is C14H21NS. The fourth-order valence-corrected chi connectivity index (χ4v) is 3.62. The topological polar surface area (TPSA) is 12.0 Å². The highest BCUT2D eigenvalue weighted by molar-refractivity contribution is 8.00. The second-order valence-electron chi connectivity index (χ2n) is 4.66.